The van der Waals surface area contributed by atoms with E-state index in [1.54, 1.807) is 12.1 Å². The number of hydrogen-bond donors (Lipinski definition) is 1. The molecule has 1 heterocycles. The van der Waals surface area contributed by atoms with E-state index >= 15 is 0 Å². The number of halogens is 1. The summed E-state index contributed by atoms with van der Waals surface area (Å²) in [5.41, 5.74) is 0.784. The molecule has 0 atom stereocenters. The van der Waals surface area contributed by atoms with Crippen molar-refractivity contribution in [3.05, 3.63) is 35.1 Å². The number of carbonyl (C=O) groups excluding carboxylic acids is 2. The Morgan fingerprint density at radius 2 is 2.25 bits per heavy atom. The van der Waals surface area contributed by atoms with Crippen molar-refractivity contribution in [3.8, 4) is 5.69 Å². The molecule has 2 aromatic rings. The zero-order valence-corrected chi connectivity index (χ0v) is 11.2. The van der Waals surface area contributed by atoms with Crippen molar-refractivity contribution >= 4 is 23.5 Å². The van der Waals surface area contributed by atoms with Crippen LogP contribution in [0.15, 0.2) is 24.5 Å². The second kappa shape index (κ2) is 6.11. The molecule has 0 saturated heterocycles. The van der Waals surface area contributed by atoms with Crippen molar-refractivity contribution < 1.29 is 14.3 Å². The van der Waals surface area contributed by atoms with Crippen LogP contribution < -0.4 is 5.32 Å². The van der Waals surface area contributed by atoms with E-state index in [1.165, 1.54) is 24.2 Å². The van der Waals surface area contributed by atoms with Gasteiger partial charge in [0.25, 0.3) is 5.91 Å². The number of tetrazole rings is 1. The second-order valence-corrected chi connectivity index (χ2v) is 4.08. The molecule has 9 heteroatoms. The third-order valence-electron chi connectivity index (χ3n) is 2.43. The lowest BCUT2D eigenvalue weighted by molar-refractivity contribution is -0.139. The van der Waals surface area contributed by atoms with Gasteiger partial charge in [0, 0.05) is 0 Å². The number of hydrogen-bond acceptors (Lipinski definition) is 6. The molecule has 1 amide bonds. The van der Waals surface area contributed by atoms with Crippen LogP contribution in [0.5, 0.6) is 0 Å². The molecule has 0 spiro atoms. The van der Waals surface area contributed by atoms with Gasteiger partial charge < -0.3 is 10.1 Å². The molecule has 0 fully saturated rings. The molecule has 2 rings (SSSR count). The summed E-state index contributed by atoms with van der Waals surface area (Å²) >= 11 is 5.96. The molecule has 0 unspecified atom stereocenters. The van der Waals surface area contributed by atoms with E-state index in [1.807, 2.05) is 0 Å². The first-order chi connectivity index (χ1) is 9.61. The number of ether oxygens (including phenoxy) is 1. The van der Waals surface area contributed by atoms with Crippen molar-refractivity contribution in [2.75, 3.05) is 13.7 Å². The van der Waals surface area contributed by atoms with E-state index in [0.29, 0.717) is 5.69 Å². The maximum Gasteiger partial charge on any atom is 0.325 e. The standard InChI is InChI=1S/C11H10ClN5O3/c1-20-10(18)5-13-11(19)8-4-7(2-3-9(8)12)17-6-14-15-16-17/h2-4,6H,5H2,1H3,(H,13,19). The minimum absolute atomic E-state index is 0.212. The highest BCUT2D eigenvalue weighted by Crippen LogP contribution is 2.19. The summed E-state index contributed by atoms with van der Waals surface area (Å²) in [6.45, 7) is -0.235. The number of aromatic nitrogens is 4. The van der Waals surface area contributed by atoms with Crippen LogP contribution in [0.4, 0.5) is 0 Å². The average Bonchev–Trinajstić information content (AvgIpc) is 2.99. The van der Waals surface area contributed by atoms with Crippen molar-refractivity contribution in [3.63, 3.8) is 0 Å². The summed E-state index contributed by atoms with van der Waals surface area (Å²) in [5.74, 6) is -1.04. The number of esters is 1. The van der Waals surface area contributed by atoms with Gasteiger partial charge in [0.15, 0.2) is 0 Å². The summed E-state index contributed by atoms with van der Waals surface area (Å²) in [4.78, 5) is 22.9. The molecular weight excluding hydrogens is 286 g/mol. The topological polar surface area (TPSA) is 99.0 Å². The Balaban J connectivity index is 2.20. The van der Waals surface area contributed by atoms with Gasteiger partial charge in [-0.1, -0.05) is 11.6 Å². The van der Waals surface area contributed by atoms with Crippen LogP contribution in [0.25, 0.3) is 5.69 Å². The van der Waals surface area contributed by atoms with Crippen LogP contribution in [-0.2, 0) is 9.53 Å². The van der Waals surface area contributed by atoms with Crippen LogP contribution in [-0.4, -0.2) is 45.7 Å². The number of rotatable bonds is 4. The predicted molar refractivity (Wildman–Crippen MR) is 68.5 cm³/mol. The van der Waals surface area contributed by atoms with Crippen molar-refractivity contribution in [2.45, 2.75) is 0 Å². The molecule has 104 valence electrons. The number of benzene rings is 1. The van der Waals surface area contributed by atoms with Gasteiger partial charge in [-0.2, -0.15) is 0 Å². The molecule has 0 bridgehead atoms. The van der Waals surface area contributed by atoms with Gasteiger partial charge in [0.05, 0.1) is 23.4 Å². The largest absolute Gasteiger partial charge is 0.468 e. The quantitative estimate of drug-likeness (QED) is 0.810. The third-order valence-corrected chi connectivity index (χ3v) is 2.76. The maximum absolute atomic E-state index is 11.9. The summed E-state index contributed by atoms with van der Waals surface area (Å²) in [6, 6.07) is 4.73. The number of methoxy groups -OCH3 is 1. The first-order valence-electron chi connectivity index (χ1n) is 5.49. The van der Waals surface area contributed by atoms with Gasteiger partial charge in [-0.15, -0.1) is 5.10 Å². The molecule has 0 aliphatic heterocycles. The van der Waals surface area contributed by atoms with E-state index < -0.39 is 11.9 Å². The van der Waals surface area contributed by atoms with Crippen molar-refractivity contribution in [1.29, 1.82) is 0 Å². The second-order valence-electron chi connectivity index (χ2n) is 3.68. The Kier molecular flexibility index (Phi) is 4.26. The summed E-state index contributed by atoms with van der Waals surface area (Å²) in [6.07, 6.45) is 1.39. The molecule has 0 saturated carbocycles. The molecule has 1 aromatic heterocycles. The summed E-state index contributed by atoms with van der Waals surface area (Å²) < 4.78 is 5.81. The Morgan fingerprint density at radius 3 is 2.90 bits per heavy atom. The van der Waals surface area contributed by atoms with E-state index in [2.05, 4.69) is 25.6 Å². The lowest BCUT2D eigenvalue weighted by Gasteiger charge is -2.07. The number of carbonyl (C=O) groups is 2. The first kappa shape index (κ1) is 13.9. The highest BCUT2D eigenvalue weighted by Gasteiger charge is 2.13. The zero-order valence-electron chi connectivity index (χ0n) is 10.4. The third kappa shape index (κ3) is 3.09. The fraction of sp³-hybridized carbons (Fsp3) is 0.182. The minimum Gasteiger partial charge on any atom is -0.468 e. The molecule has 20 heavy (non-hydrogen) atoms. The van der Waals surface area contributed by atoms with Gasteiger partial charge in [0.1, 0.15) is 12.9 Å². The molecule has 8 nitrogen and oxygen atoms in total. The number of amides is 1. The number of nitrogens with zero attached hydrogens (tertiary/aromatic N) is 4. The fourth-order valence-electron chi connectivity index (χ4n) is 1.43. The first-order valence-corrected chi connectivity index (χ1v) is 5.87. The maximum atomic E-state index is 11.9. The normalized spacial score (nSPS) is 10.1. The van der Waals surface area contributed by atoms with Crippen molar-refractivity contribution in [2.24, 2.45) is 0 Å². The van der Waals surface area contributed by atoms with Gasteiger partial charge in [-0.3, -0.25) is 9.59 Å². The van der Waals surface area contributed by atoms with Crippen LogP contribution in [0, 0.1) is 0 Å². The number of nitrogens with one attached hydrogen (secondary N) is 1. The zero-order chi connectivity index (χ0) is 14.5. The molecule has 1 N–H and O–H groups in total. The fourth-order valence-corrected chi connectivity index (χ4v) is 1.63. The van der Waals surface area contributed by atoms with Crippen LogP contribution in [0.2, 0.25) is 5.02 Å². The summed E-state index contributed by atoms with van der Waals surface area (Å²) in [7, 11) is 1.24. The molecule has 0 radical (unpaired) electrons. The average molecular weight is 296 g/mol. The van der Waals surface area contributed by atoms with E-state index in [0.717, 1.165) is 0 Å². The van der Waals surface area contributed by atoms with Gasteiger partial charge in [-0.25, -0.2) is 4.68 Å². The van der Waals surface area contributed by atoms with E-state index in [9.17, 15) is 9.59 Å². The Bertz CT molecular complexity index is 629. The van der Waals surface area contributed by atoms with Gasteiger partial charge in [-0.05, 0) is 28.6 Å². The highest BCUT2D eigenvalue weighted by atomic mass is 35.5. The predicted octanol–water partition coefficient (Wildman–Crippen LogP) is 0.218. The van der Waals surface area contributed by atoms with Crippen LogP contribution >= 0.6 is 11.6 Å². The van der Waals surface area contributed by atoms with Gasteiger partial charge in [0.2, 0.25) is 0 Å². The van der Waals surface area contributed by atoms with Crippen LogP contribution in [0.1, 0.15) is 10.4 Å². The smallest absolute Gasteiger partial charge is 0.325 e. The SMILES string of the molecule is COC(=O)CNC(=O)c1cc(-n2cnnn2)ccc1Cl. The Labute approximate surface area is 118 Å². The lowest BCUT2D eigenvalue weighted by atomic mass is 10.2. The summed E-state index contributed by atoms with van der Waals surface area (Å²) in [5, 5.41) is 13.4. The van der Waals surface area contributed by atoms with E-state index in [4.69, 9.17) is 11.6 Å². The monoisotopic (exact) mass is 295 g/mol. The van der Waals surface area contributed by atoms with Crippen LogP contribution in [0.3, 0.4) is 0 Å². The lowest BCUT2D eigenvalue weighted by Crippen LogP contribution is -2.30. The Hall–Kier alpha value is -2.48. The molecular formula is C11H10ClN5O3. The Morgan fingerprint density at radius 1 is 1.45 bits per heavy atom. The van der Waals surface area contributed by atoms with Crippen molar-refractivity contribution in [1.82, 2.24) is 25.5 Å². The highest BCUT2D eigenvalue weighted by molar-refractivity contribution is 6.34. The minimum atomic E-state index is -0.550. The van der Waals surface area contributed by atoms with Gasteiger partial charge >= 0.3 is 5.97 Å². The van der Waals surface area contributed by atoms with E-state index in [-0.39, 0.29) is 17.1 Å². The molecule has 1 aromatic carbocycles. The molecule has 0 aliphatic rings. The molecule has 0 aliphatic carbocycles.